The number of pyridine rings is 1. The first-order valence-corrected chi connectivity index (χ1v) is 6.22. The van der Waals surface area contributed by atoms with E-state index in [1.807, 2.05) is 6.07 Å². The second-order valence-electron chi connectivity index (χ2n) is 4.83. The Hall–Kier alpha value is -1.29. The summed E-state index contributed by atoms with van der Waals surface area (Å²) in [6.07, 6.45) is 1.72. The third-order valence-corrected chi connectivity index (χ3v) is 2.79. The number of anilines is 2. The number of nitrogens with two attached hydrogens (primary N) is 1. The Kier molecular flexibility index (Phi) is 5.22. The zero-order valence-electron chi connectivity index (χ0n) is 11.3. The molecular formula is C13H24N4. The minimum atomic E-state index is 0.561. The van der Waals surface area contributed by atoms with Gasteiger partial charge in [-0.05, 0) is 33.8 Å². The van der Waals surface area contributed by atoms with Crippen molar-refractivity contribution in [3.8, 4) is 0 Å². The number of nitrogen functional groups attached to an aromatic ring is 1. The van der Waals surface area contributed by atoms with Crippen molar-refractivity contribution in [1.29, 1.82) is 0 Å². The highest BCUT2D eigenvalue weighted by atomic mass is 15.2. The average Bonchev–Trinajstić information content (AvgIpc) is 2.23. The lowest BCUT2D eigenvalue weighted by molar-refractivity contribution is 0.182. The molecule has 96 valence electrons. The number of rotatable bonds is 6. The van der Waals surface area contributed by atoms with Crippen LogP contribution in [0.4, 0.5) is 11.5 Å². The molecule has 3 N–H and O–H groups in total. The number of hydrogen-bond donors (Lipinski definition) is 2. The van der Waals surface area contributed by atoms with Crippen LogP contribution in [-0.4, -0.2) is 35.1 Å². The number of aromatic nitrogens is 1. The summed E-state index contributed by atoms with van der Waals surface area (Å²) in [6, 6.07) is 4.77. The van der Waals surface area contributed by atoms with E-state index in [-0.39, 0.29) is 0 Å². The lowest BCUT2D eigenvalue weighted by atomic mass is 10.2. The van der Waals surface area contributed by atoms with Crippen LogP contribution in [0.2, 0.25) is 0 Å². The summed E-state index contributed by atoms with van der Waals surface area (Å²) in [5, 5.41) is 3.29. The zero-order chi connectivity index (χ0) is 12.8. The summed E-state index contributed by atoms with van der Waals surface area (Å²) < 4.78 is 0. The molecule has 0 bridgehead atoms. The quantitative estimate of drug-likeness (QED) is 0.795. The topological polar surface area (TPSA) is 54.2 Å². The van der Waals surface area contributed by atoms with Gasteiger partial charge in [0.2, 0.25) is 0 Å². The SMILES string of the molecule is CC(C)N(CCNc1cc(N)ccn1)C(C)C. The van der Waals surface area contributed by atoms with E-state index in [2.05, 4.69) is 42.9 Å². The van der Waals surface area contributed by atoms with Crippen molar-refractivity contribution in [2.45, 2.75) is 39.8 Å². The zero-order valence-corrected chi connectivity index (χ0v) is 11.3. The summed E-state index contributed by atoms with van der Waals surface area (Å²) in [6.45, 7) is 10.8. The van der Waals surface area contributed by atoms with Gasteiger partial charge in [-0.2, -0.15) is 0 Å². The van der Waals surface area contributed by atoms with Crippen LogP contribution in [0, 0.1) is 0 Å². The van der Waals surface area contributed by atoms with E-state index in [1.54, 1.807) is 12.3 Å². The van der Waals surface area contributed by atoms with Gasteiger partial charge in [0, 0.05) is 43.1 Å². The Morgan fingerprint density at radius 1 is 1.29 bits per heavy atom. The second-order valence-corrected chi connectivity index (χ2v) is 4.83. The smallest absolute Gasteiger partial charge is 0.127 e. The molecule has 1 heterocycles. The van der Waals surface area contributed by atoms with Gasteiger partial charge in [0.15, 0.2) is 0 Å². The third-order valence-electron chi connectivity index (χ3n) is 2.79. The number of nitrogens with zero attached hydrogens (tertiary/aromatic N) is 2. The molecule has 0 fully saturated rings. The highest BCUT2D eigenvalue weighted by molar-refractivity contribution is 5.48. The molecule has 0 aromatic carbocycles. The fourth-order valence-electron chi connectivity index (χ4n) is 1.97. The molecule has 0 saturated carbocycles. The Morgan fingerprint density at radius 2 is 1.94 bits per heavy atom. The van der Waals surface area contributed by atoms with Crippen molar-refractivity contribution in [3.63, 3.8) is 0 Å². The van der Waals surface area contributed by atoms with Crippen LogP contribution < -0.4 is 11.1 Å². The molecule has 0 atom stereocenters. The van der Waals surface area contributed by atoms with Gasteiger partial charge in [-0.1, -0.05) is 0 Å². The lowest BCUT2D eigenvalue weighted by Crippen LogP contribution is -2.40. The van der Waals surface area contributed by atoms with Crippen LogP contribution in [0.25, 0.3) is 0 Å². The molecule has 1 rings (SSSR count). The molecule has 0 unspecified atom stereocenters. The van der Waals surface area contributed by atoms with Crippen LogP contribution in [0.5, 0.6) is 0 Å². The van der Waals surface area contributed by atoms with Crippen molar-refractivity contribution in [1.82, 2.24) is 9.88 Å². The molecular weight excluding hydrogens is 212 g/mol. The van der Waals surface area contributed by atoms with Crippen LogP contribution in [0.1, 0.15) is 27.7 Å². The van der Waals surface area contributed by atoms with Gasteiger partial charge in [0.05, 0.1) is 0 Å². The minimum absolute atomic E-state index is 0.561. The van der Waals surface area contributed by atoms with Gasteiger partial charge < -0.3 is 11.1 Å². The molecule has 0 aliphatic rings. The average molecular weight is 236 g/mol. The Labute approximate surface area is 104 Å². The number of nitrogens with one attached hydrogen (secondary N) is 1. The minimum Gasteiger partial charge on any atom is -0.399 e. The van der Waals surface area contributed by atoms with E-state index in [1.165, 1.54) is 0 Å². The Morgan fingerprint density at radius 3 is 2.47 bits per heavy atom. The van der Waals surface area contributed by atoms with Crippen LogP contribution in [-0.2, 0) is 0 Å². The van der Waals surface area contributed by atoms with E-state index in [9.17, 15) is 0 Å². The fraction of sp³-hybridized carbons (Fsp3) is 0.615. The van der Waals surface area contributed by atoms with Crippen molar-refractivity contribution in [2.24, 2.45) is 0 Å². The fourth-order valence-corrected chi connectivity index (χ4v) is 1.97. The highest BCUT2D eigenvalue weighted by Gasteiger charge is 2.12. The van der Waals surface area contributed by atoms with Gasteiger partial charge in [0.1, 0.15) is 5.82 Å². The monoisotopic (exact) mass is 236 g/mol. The van der Waals surface area contributed by atoms with Gasteiger partial charge in [-0.3, -0.25) is 4.90 Å². The third kappa shape index (κ3) is 4.61. The molecule has 0 radical (unpaired) electrons. The first-order chi connectivity index (χ1) is 8.00. The molecule has 17 heavy (non-hydrogen) atoms. The molecule has 1 aromatic rings. The van der Waals surface area contributed by atoms with Crippen molar-refractivity contribution in [2.75, 3.05) is 24.1 Å². The van der Waals surface area contributed by atoms with Gasteiger partial charge in [-0.15, -0.1) is 0 Å². The van der Waals surface area contributed by atoms with Crippen LogP contribution >= 0.6 is 0 Å². The summed E-state index contributed by atoms with van der Waals surface area (Å²) in [5.41, 5.74) is 6.44. The standard InChI is InChI=1S/C13H24N4/c1-10(2)17(11(3)4)8-7-16-13-9-12(14)5-6-15-13/h5-6,9-11H,7-8H2,1-4H3,(H3,14,15,16). The predicted molar refractivity (Wildman–Crippen MR) is 74.1 cm³/mol. The molecule has 1 aromatic heterocycles. The van der Waals surface area contributed by atoms with E-state index >= 15 is 0 Å². The summed E-state index contributed by atoms with van der Waals surface area (Å²) in [5.74, 6) is 0.845. The van der Waals surface area contributed by atoms with Crippen LogP contribution in [0.15, 0.2) is 18.3 Å². The van der Waals surface area contributed by atoms with Crippen molar-refractivity contribution in [3.05, 3.63) is 18.3 Å². The normalized spacial score (nSPS) is 11.5. The number of hydrogen-bond acceptors (Lipinski definition) is 4. The predicted octanol–water partition coefficient (Wildman–Crippen LogP) is 2.19. The van der Waals surface area contributed by atoms with E-state index in [0.29, 0.717) is 12.1 Å². The van der Waals surface area contributed by atoms with Gasteiger partial charge >= 0.3 is 0 Å². The summed E-state index contributed by atoms with van der Waals surface area (Å²) in [4.78, 5) is 6.66. The maximum Gasteiger partial charge on any atom is 0.127 e. The molecule has 4 nitrogen and oxygen atoms in total. The first kappa shape index (κ1) is 13.8. The highest BCUT2D eigenvalue weighted by Crippen LogP contribution is 2.08. The van der Waals surface area contributed by atoms with E-state index < -0.39 is 0 Å². The molecule has 0 saturated heterocycles. The maximum atomic E-state index is 5.70. The van der Waals surface area contributed by atoms with Crippen LogP contribution in [0.3, 0.4) is 0 Å². The first-order valence-electron chi connectivity index (χ1n) is 6.22. The molecule has 0 spiro atoms. The molecule has 0 aliphatic heterocycles. The largest absolute Gasteiger partial charge is 0.399 e. The second kappa shape index (κ2) is 6.45. The lowest BCUT2D eigenvalue weighted by Gasteiger charge is -2.30. The van der Waals surface area contributed by atoms with Crippen molar-refractivity contribution < 1.29 is 0 Å². The Balaban J connectivity index is 2.41. The molecule has 0 aliphatic carbocycles. The van der Waals surface area contributed by atoms with Gasteiger partial charge in [0.25, 0.3) is 0 Å². The molecule has 0 amide bonds. The summed E-state index contributed by atoms with van der Waals surface area (Å²) in [7, 11) is 0. The Bertz CT molecular complexity index is 328. The maximum absolute atomic E-state index is 5.70. The van der Waals surface area contributed by atoms with Crippen molar-refractivity contribution >= 4 is 11.5 Å². The summed E-state index contributed by atoms with van der Waals surface area (Å²) >= 11 is 0. The molecule has 4 heteroatoms. The van der Waals surface area contributed by atoms with E-state index in [0.717, 1.165) is 24.6 Å². The van der Waals surface area contributed by atoms with E-state index in [4.69, 9.17) is 5.73 Å². The van der Waals surface area contributed by atoms with Gasteiger partial charge in [-0.25, -0.2) is 4.98 Å².